The van der Waals surface area contributed by atoms with Crippen molar-refractivity contribution in [2.45, 2.75) is 56.7 Å². The van der Waals surface area contributed by atoms with Crippen molar-refractivity contribution in [2.75, 3.05) is 11.9 Å². The van der Waals surface area contributed by atoms with Crippen molar-refractivity contribution in [3.05, 3.63) is 35.5 Å². The van der Waals surface area contributed by atoms with E-state index in [1.165, 1.54) is 36.8 Å². The number of nitriles is 1. The number of hydrogen-bond acceptors (Lipinski definition) is 9. The predicted molar refractivity (Wildman–Crippen MR) is 123 cm³/mol. The summed E-state index contributed by atoms with van der Waals surface area (Å²) in [6.07, 6.45) is 9.18. The fraction of sp³-hybridized carbons (Fsp3) is 0.435. The van der Waals surface area contributed by atoms with Crippen LogP contribution in [0.4, 0.5) is 5.82 Å². The molecule has 2 saturated heterocycles. The molecule has 9 heteroatoms. The minimum absolute atomic E-state index is 0.0539. The first-order valence-corrected chi connectivity index (χ1v) is 11.7. The molecule has 1 aromatic carbocycles. The van der Waals surface area contributed by atoms with Crippen LogP contribution in [0, 0.1) is 11.3 Å². The quantitative estimate of drug-likeness (QED) is 0.622. The third-order valence-electron chi connectivity index (χ3n) is 6.64. The van der Waals surface area contributed by atoms with Gasteiger partial charge in [-0.1, -0.05) is 12.5 Å². The minimum atomic E-state index is 0.0539. The average Bonchev–Trinajstić information content (AvgIpc) is 3.27. The lowest BCUT2D eigenvalue weighted by atomic mass is 9.75. The van der Waals surface area contributed by atoms with Crippen LogP contribution < -0.4 is 10.2 Å². The molecule has 32 heavy (non-hydrogen) atoms. The fourth-order valence-electron chi connectivity index (χ4n) is 4.99. The number of hydrogen-bond donors (Lipinski definition) is 2. The Balaban J connectivity index is 1.34. The first kappa shape index (κ1) is 20.8. The molecule has 2 bridgehead atoms. The number of rotatable bonds is 4. The van der Waals surface area contributed by atoms with Crippen molar-refractivity contribution in [1.29, 1.82) is 5.26 Å². The van der Waals surface area contributed by atoms with E-state index >= 15 is 0 Å². The van der Waals surface area contributed by atoms with Crippen molar-refractivity contribution in [3.8, 4) is 33.8 Å². The zero-order valence-corrected chi connectivity index (χ0v) is 18.9. The second-order valence-electron chi connectivity index (χ2n) is 9.01. The van der Waals surface area contributed by atoms with E-state index in [1.54, 1.807) is 18.3 Å². The van der Waals surface area contributed by atoms with E-state index < -0.39 is 0 Å². The van der Waals surface area contributed by atoms with Crippen LogP contribution in [0.5, 0.6) is 5.75 Å². The van der Waals surface area contributed by atoms with Crippen molar-refractivity contribution in [1.82, 2.24) is 25.5 Å². The van der Waals surface area contributed by atoms with Gasteiger partial charge >= 0.3 is 0 Å². The number of nitrogens with zero attached hydrogens (tertiary/aromatic N) is 6. The van der Waals surface area contributed by atoms with Gasteiger partial charge < -0.3 is 15.3 Å². The summed E-state index contributed by atoms with van der Waals surface area (Å²) in [6.45, 7) is 2.32. The Morgan fingerprint density at radius 2 is 2.16 bits per heavy atom. The van der Waals surface area contributed by atoms with Gasteiger partial charge in [0.25, 0.3) is 0 Å². The lowest BCUT2D eigenvalue weighted by Gasteiger charge is -2.49. The van der Waals surface area contributed by atoms with Crippen molar-refractivity contribution in [2.24, 2.45) is 0 Å². The zero-order chi connectivity index (χ0) is 22.3. The van der Waals surface area contributed by atoms with Crippen LogP contribution in [-0.2, 0) is 0 Å². The number of phenolic OH excluding ortho intramolecular Hbond substituents is 1. The van der Waals surface area contributed by atoms with Crippen LogP contribution in [0.25, 0.3) is 22.0 Å². The number of thiazole rings is 1. The van der Waals surface area contributed by atoms with E-state index in [1.807, 2.05) is 6.07 Å². The lowest BCUT2D eigenvalue weighted by Crippen LogP contribution is -2.61. The van der Waals surface area contributed by atoms with Gasteiger partial charge in [0, 0.05) is 30.2 Å². The molecule has 2 fully saturated rings. The molecule has 8 nitrogen and oxygen atoms in total. The molecule has 2 aliphatic rings. The Labute approximate surface area is 191 Å². The maximum Gasteiger partial charge on any atom is 0.185 e. The largest absolute Gasteiger partial charge is 0.507 e. The number of fused-ring (bicyclic) bond motifs is 2. The monoisotopic (exact) mass is 447 g/mol. The topological polar surface area (TPSA) is 111 Å². The maximum atomic E-state index is 10.6. The van der Waals surface area contributed by atoms with Crippen LogP contribution >= 0.6 is 11.3 Å². The van der Waals surface area contributed by atoms with E-state index in [0.29, 0.717) is 33.4 Å². The fourth-order valence-corrected chi connectivity index (χ4v) is 5.70. The molecule has 2 aliphatic heterocycles. The maximum absolute atomic E-state index is 10.6. The van der Waals surface area contributed by atoms with Gasteiger partial charge in [0.1, 0.15) is 21.7 Å². The van der Waals surface area contributed by atoms with E-state index in [4.69, 9.17) is 5.26 Å². The van der Waals surface area contributed by atoms with Gasteiger partial charge in [0.05, 0.1) is 18.0 Å². The number of aromatic nitrogens is 4. The van der Waals surface area contributed by atoms with E-state index in [-0.39, 0.29) is 11.3 Å². The van der Waals surface area contributed by atoms with Gasteiger partial charge in [0.15, 0.2) is 11.6 Å². The Morgan fingerprint density at radius 1 is 1.28 bits per heavy atom. The molecule has 5 rings (SSSR count). The molecular formula is C23H25N7OS. The number of nitrogens with one attached hydrogen (secondary N) is 1. The van der Waals surface area contributed by atoms with E-state index in [2.05, 4.69) is 50.4 Å². The first-order valence-electron chi connectivity index (χ1n) is 10.8. The molecule has 2 aromatic heterocycles. The molecule has 4 heterocycles. The standard InChI is InChI=1S/C23H25N7OS/c1-23-7-3-4-15(27-23)9-16(10-23)30(2)20-13-25-21(29-28-20)18-6-5-14(8-19(18)31)22-26-12-17(11-24)32-22/h5-6,8,12-13,15-16,27,31H,3-4,7,9-10H2,1-2H3/t15-,16-,23+/m0/s1. The Hall–Kier alpha value is -3.09. The number of anilines is 1. The zero-order valence-electron chi connectivity index (χ0n) is 18.1. The molecule has 3 aromatic rings. The molecule has 0 radical (unpaired) electrons. The predicted octanol–water partition coefficient (Wildman–Crippen LogP) is 3.74. The van der Waals surface area contributed by atoms with Gasteiger partial charge in [0.2, 0.25) is 0 Å². The molecule has 0 spiro atoms. The van der Waals surface area contributed by atoms with Crippen LogP contribution in [0.2, 0.25) is 0 Å². The number of piperidine rings is 2. The smallest absolute Gasteiger partial charge is 0.185 e. The lowest BCUT2D eigenvalue weighted by molar-refractivity contribution is 0.140. The molecule has 2 N–H and O–H groups in total. The summed E-state index contributed by atoms with van der Waals surface area (Å²) >= 11 is 1.28. The van der Waals surface area contributed by atoms with Crippen LogP contribution in [0.1, 0.15) is 43.9 Å². The van der Waals surface area contributed by atoms with Crippen LogP contribution in [-0.4, -0.2) is 49.9 Å². The number of benzene rings is 1. The SMILES string of the molecule is CN(c1cnc(-c2ccc(-c3ncc(C#N)s3)cc2O)nn1)[C@H]1C[C@@H]2CCC[C@](C)(C1)N2. The Kier molecular flexibility index (Phi) is 5.27. The van der Waals surface area contributed by atoms with Gasteiger partial charge in [-0.3, -0.25) is 0 Å². The van der Waals surface area contributed by atoms with Gasteiger partial charge in [-0.15, -0.1) is 21.5 Å². The summed E-state index contributed by atoms with van der Waals surface area (Å²) in [5.41, 5.74) is 1.45. The first-order chi connectivity index (χ1) is 15.4. The molecule has 3 atom stereocenters. The van der Waals surface area contributed by atoms with Gasteiger partial charge in [-0.05, 0) is 44.7 Å². The summed E-state index contributed by atoms with van der Waals surface area (Å²) in [5, 5.41) is 32.7. The summed E-state index contributed by atoms with van der Waals surface area (Å²) in [4.78, 5) is 11.4. The van der Waals surface area contributed by atoms with Gasteiger partial charge in [-0.25, -0.2) is 9.97 Å². The molecular weight excluding hydrogens is 422 g/mol. The highest BCUT2D eigenvalue weighted by Gasteiger charge is 2.40. The van der Waals surface area contributed by atoms with Crippen molar-refractivity contribution in [3.63, 3.8) is 0 Å². The number of aromatic hydroxyl groups is 1. The normalized spacial score (nSPS) is 24.7. The van der Waals surface area contributed by atoms with Gasteiger partial charge in [-0.2, -0.15) is 5.26 Å². The van der Waals surface area contributed by atoms with Crippen molar-refractivity contribution >= 4 is 17.2 Å². The Bertz CT molecular complexity index is 1170. The Morgan fingerprint density at radius 3 is 2.84 bits per heavy atom. The van der Waals surface area contributed by atoms with E-state index in [9.17, 15) is 5.11 Å². The van der Waals surface area contributed by atoms with Crippen LogP contribution in [0.15, 0.2) is 30.6 Å². The second-order valence-corrected chi connectivity index (χ2v) is 10.0. The second kappa shape index (κ2) is 8.11. The molecule has 0 amide bonds. The summed E-state index contributed by atoms with van der Waals surface area (Å²) < 4.78 is 0. The minimum Gasteiger partial charge on any atom is -0.507 e. The van der Waals surface area contributed by atoms with Crippen molar-refractivity contribution < 1.29 is 5.11 Å². The summed E-state index contributed by atoms with van der Waals surface area (Å²) in [5.74, 6) is 1.17. The highest BCUT2D eigenvalue weighted by Crippen LogP contribution is 2.37. The molecule has 0 aliphatic carbocycles. The summed E-state index contributed by atoms with van der Waals surface area (Å²) in [6, 6.07) is 8.26. The molecule has 0 unspecified atom stereocenters. The third-order valence-corrected chi connectivity index (χ3v) is 7.59. The average molecular weight is 448 g/mol. The summed E-state index contributed by atoms with van der Waals surface area (Å²) in [7, 11) is 2.07. The van der Waals surface area contributed by atoms with E-state index in [0.717, 1.165) is 24.2 Å². The van der Waals surface area contributed by atoms with Crippen LogP contribution in [0.3, 0.4) is 0 Å². The molecule has 0 saturated carbocycles. The number of phenols is 1. The highest BCUT2D eigenvalue weighted by atomic mass is 32.1. The third kappa shape index (κ3) is 3.92. The highest BCUT2D eigenvalue weighted by molar-refractivity contribution is 7.15. The molecule has 164 valence electrons.